The number of aliphatic hydroxyl groups excluding tert-OH is 1. The van der Waals surface area contributed by atoms with Gasteiger partial charge in [-0.25, -0.2) is 0 Å². The largest absolute Gasteiger partial charge is 0.469 e. The summed E-state index contributed by atoms with van der Waals surface area (Å²) in [6.45, 7) is 2.19. The predicted molar refractivity (Wildman–Crippen MR) is 102 cm³/mol. The van der Waals surface area contributed by atoms with E-state index in [1.165, 1.54) is 31.9 Å². The van der Waals surface area contributed by atoms with Gasteiger partial charge in [0.2, 0.25) is 0 Å². The standard InChI is InChI=1S/C22H34O3/c1-3-4-5-9-20(23)14-13-18-11-12-19-15-17(16-21(18)19)8-6-7-10-22(24)25-2/h8,11,13-14,19-21,23H,3-7,9-10,12,15-16H2,1-2H3/b14-13+,17-8?/t19-,20?,21-/m1/s1. The fourth-order valence-electron chi connectivity index (χ4n) is 4.02. The molecular formula is C22H34O3. The lowest BCUT2D eigenvalue weighted by Crippen LogP contribution is -2.04. The van der Waals surface area contributed by atoms with Crippen LogP contribution in [0, 0.1) is 11.8 Å². The highest BCUT2D eigenvalue weighted by Gasteiger charge is 2.34. The average Bonchev–Trinajstić information content (AvgIpc) is 3.17. The van der Waals surface area contributed by atoms with E-state index in [-0.39, 0.29) is 12.1 Å². The van der Waals surface area contributed by atoms with Gasteiger partial charge in [-0.2, -0.15) is 0 Å². The highest BCUT2D eigenvalue weighted by Crippen LogP contribution is 2.47. The Labute approximate surface area is 152 Å². The molecule has 0 aromatic rings. The minimum atomic E-state index is -0.304. The number of carbonyl (C=O) groups is 1. The Balaban J connectivity index is 1.76. The van der Waals surface area contributed by atoms with E-state index in [4.69, 9.17) is 0 Å². The van der Waals surface area contributed by atoms with Gasteiger partial charge in [0.25, 0.3) is 0 Å². The van der Waals surface area contributed by atoms with Crippen molar-refractivity contribution in [3.8, 4) is 0 Å². The molecule has 0 aromatic heterocycles. The van der Waals surface area contributed by atoms with E-state index in [0.717, 1.165) is 44.4 Å². The van der Waals surface area contributed by atoms with Crippen LogP contribution in [0.4, 0.5) is 0 Å². The zero-order valence-electron chi connectivity index (χ0n) is 15.9. The van der Waals surface area contributed by atoms with Crippen LogP contribution in [0.1, 0.15) is 71.1 Å². The van der Waals surface area contributed by atoms with Gasteiger partial charge < -0.3 is 9.84 Å². The van der Waals surface area contributed by atoms with E-state index in [1.54, 1.807) is 5.57 Å². The topological polar surface area (TPSA) is 46.5 Å². The van der Waals surface area contributed by atoms with Crippen LogP contribution in [-0.4, -0.2) is 24.3 Å². The minimum Gasteiger partial charge on any atom is -0.469 e. The Kier molecular flexibility index (Phi) is 8.47. The van der Waals surface area contributed by atoms with E-state index in [9.17, 15) is 9.90 Å². The molecular weight excluding hydrogens is 312 g/mol. The summed E-state index contributed by atoms with van der Waals surface area (Å²) in [5, 5.41) is 10.1. The van der Waals surface area contributed by atoms with Crippen molar-refractivity contribution in [1.29, 1.82) is 0 Å². The molecule has 140 valence electrons. The van der Waals surface area contributed by atoms with Crippen molar-refractivity contribution in [2.75, 3.05) is 7.11 Å². The Morgan fingerprint density at radius 3 is 2.96 bits per heavy atom. The number of fused-ring (bicyclic) bond motifs is 1. The first-order chi connectivity index (χ1) is 12.1. The van der Waals surface area contributed by atoms with E-state index in [0.29, 0.717) is 12.3 Å². The Hall–Kier alpha value is -1.35. The van der Waals surface area contributed by atoms with Crippen LogP contribution in [0.25, 0.3) is 0 Å². The van der Waals surface area contributed by atoms with E-state index < -0.39 is 0 Å². The van der Waals surface area contributed by atoms with E-state index >= 15 is 0 Å². The maximum Gasteiger partial charge on any atom is 0.305 e. The van der Waals surface area contributed by atoms with Crippen LogP contribution in [0.2, 0.25) is 0 Å². The van der Waals surface area contributed by atoms with Crippen LogP contribution in [0.3, 0.4) is 0 Å². The number of hydrogen-bond donors (Lipinski definition) is 1. The molecule has 0 radical (unpaired) electrons. The molecule has 2 rings (SSSR count). The van der Waals surface area contributed by atoms with Gasteiger partial charge in [0, 0.05) is 6.42 Å². The molecule has 0 spiro atoms. The normalized spacial score (nSPS) is 25.4. The third kappa shape index (κ3) is 6.47. The maximum absolute atomic E-state index is 11.1. The molecule has 0 bridgehead atoms. The lowest BCUT2D eigenvalue weighted by molar-refractivity contribution is -0.140. The molecule has 3 atom stereocenters. The quantitative estimate of drug-likeness (QED) is 0.340. The number of ether oxygens (including phenoxy) is 1. The van der Waals surface area contributed by atoms with Crippen LogP contribution in [-0.2, 0) is 9.53 Å². The lowest BCUT2D eigenvalue weighted by atomic mass is 9.94. The number of carbonyl (C=O) groups excluding carboxylic acids is 1. The first-order valence-corrected chi connectivity index (χ1v) is 9.95. The average molecular weight is 347 g/mol. The second-order valence-electron chi connectivity index (χ2n) is 7.47. The highest BCUT2D eigenvalue weighted by molar-refractivity contribution is 5.69. The maximum atomic E-state index is 11.1. The van der Waals surface area contributed by atoms with Crippen molar-refractivity contribution in [2.24, 2.45) is 11.8 Å². The van der Waals surface area contributed by atoms with Gasteiger partial charge in [0.15, 0.2) is 0 Å². The van der Waals surface area contributed by atoms with Gasteiger partial charge >= 0.3 is 5.97 Å². The van der Waals surface area contributed by atoms with Crippen molar-refractivity contribution in [3.63, 3.8) is 0 Å². The molecule has 2 aliphatic rings. The summed E-state index contributed by atoms with van der Waals surface area (Å²) in [5.41, 5.74) is 2.96. The van der Waals surface area contributed by atoms with E-state index in [2.05, 4.69) is 29.9 Å². The third-order valence-electron chi connectivity index (χ3n) is 5.52. The SMILES string of the molecule is CCCCCC(O)/C=C/C1=CC[C@@H]2CC(=CCCCC(=O)OC)C[C@H]12. The molecule has 3 heteroatoms. The van der Waals surface area contributed by atoms with Crippen LogP contribution in [0.5, 0.6) is 0 Å². The number of rotatable bonds is 10. The van der Waals surface area contributed by atoms with Gasteiger partial charge in [-0.1, -0.05) is 56.1 Å². The second-order valence-corrected chi connectivity index (χ2v) is 7.47. The number of unbranched alkanes of at least 4 members (excludes halogenated alkanes) is 3. The molecule has 1 unspecified atom stereocenters. The lowest BCUT2D eigenvalue weighted by Gasteiger charge is -2.11. The summed E-state index contributed by atoms with van der Waals surface area (Å²) in [7, 11) is 1.45. The van der Waals surface area contributed by atoms with Gasteiger partial charge in [-0.15, -0.1) is 0 Å². The zero-order valence-corrected chi connectivity index (χ0v) is 15.9. The molecule has 25 heavy (non-hydrogen) atoms. The summed E-state index contributed by atoms with van der Waals surface area (Å²) in [5.74, 6) is 1.25. The van der Waals surface area contributed by atoms with Crippen molar-refractivity contribution in [1.82, 2.24) is 0 Å². The molecule has 3 nitrogen and oxygen atoms in total. The molecule has 0 amide bonds. The van der Waals surface area contributed by atoms with Crippen LogP contribution in [0.15, 0.2) is 35.5 Å². The predicted octanol–water partition coefficient (Wildman–Crippen LogP) is 5.11. The summed E-state index contributed by atoms with van der Waals surface area (Å²) in [6.07, 6.45) is 18.8. The molecule has 0 aliphatic heterocycles. The number of methoxy groups -OCH3 is 1. The summed E-state index contributed by atoms with van der Waals surface area (Å²) in [6, 6.07) is 0. The number of aliphatic hydroxyl groups is 1. The highest BCUT2D eigenvalue weighted by atomic mass is 16.5. The molecule has 1 fully saturated rings. The zero-order chi connectivity index (χ0) is 18.1. The monoisotopic (exact) mass is 346 g/mol. The molecule has 0 aromatic carbocycles. The molecule has 1 N–H and O–H groups in total. The van der Waals surface area contributed by atoms with Crippen LogP contribution < -0.4 is 0 Å². The first kappa shape index (κ1) is 20.0. The number of hydrogen-bond acceptors (Lipinski definition) is 3. The van der Waals surface area contributed by atoms with Crippen molar-refractivity contribution in [2.45, 2.75) is 77.2 Å². The van der Waals surface area contributed by atoms with Crippen molar-refractivity contribution in [3.05, 3.63) is 35.5 Å². The van der Waals surface area contributed by atoms with E-state index in [1.807, 2.05) is 6.08 Å². The number of esters is 1. The van der Waals surface area contributed by atoms with Gasteiger partial charge in [-0.05, 0) is 55.9 Å². The molecule has 2 aliphatic carbocycles. The Morgan fingerprint density at radius 2 is 2.20 bits per heavy atom. The number of allylic oxidation sites excluding steroid dienone is 5. The van der Waals surface area contributed by atoms with Gasteiger partial charge in [0.1, 0.15) is 0 Å². The smallest absolute Gasteiger partial charge is 0.305 e. The Morgan fingerprint density at radius 1 is 1.36 bits per heavy atom. The third-order valence-corrected chi connectivity index (χ3v) is 5.52. The molecule has 0 saturated heterocycles. The van der Waals surface area contributed by atoms with Gasteiger partial charge in [0.05, 0.1) is 13.2 Å². The fraction of sp³-hybridized carbons (Fsp3) is 0.682. The minimum absolute atomic E-state index is 0.116. The summed E-state index contributed by atoms with van der Waals surface area (Å²) in [4.78, 5) is 11.1. The van der Waals surface area contributed by atoms with Crippen molar-refractivity contribution < 1.29 is 14.6 Å². The second kappa shape index (κ2) is 10.6. The van der Waals surface area contributed by atoms with Crippen molar-refractivity contribution >= 4 is 5.97 Å². The summed E-state index contributed by atoms with van der Waals surface area (Å²) >= 11 is 0. The fourth-order valence-corrected chi connectivity index (χ4v) is 4.02. The Bertz CT molecular complexity index is 515. The van der Waals surface area contributed by atoms with Crippen LogP contribution >= 0.6 is 0 Å². The molecule has 0 heterocycles. The molecule has 1 saturated carbocycles. The first-order valence-electron chi connectivity index (χ1n) is 9.95. The van der Waals surface area contributed by atoms with Gasteiger partial charge in [-0.3, -0.25) is 4.79 Å². The summed E-state index contributed by atoms with van der Waals surface area (Å²) < 4.78 is 4.68.